The number of benzene rings is 1. The van der Waals surface area contributed by atoms with Crippen LogP contribution in [0, 0.1) is 10.1 Å². The minimum atomic E-state index is -1.58. The van der Waals surface area contributed by atoms with Crippen molar-refractivity contribution in [3.05, 3.63) is 34.4 Å². The largest absolute Gasteiger partial charge is 0.391 e. The Bertz CT molecular complexity index is 453. The van der Waals surface area contributed by atoms with Crippen LogP contribution in [0.1, 0.15) is 13.3 Å². The van der Waals surface area contributed by atoms with Gasteiger partial charge in [0.2, 0.25) is 0 Å². The third kappa shape index (κ3) is 5.06. The van der Waals surface area contributed by atoms with Crippen molar-refractivity contribution in [3.8, 4) is 0 Å². The Morgan fingerprint density at radius 1 is 1.47 bits per heavy atom. The summed E-state index contributed by atoms with van der Waals surface area (Å²) in [6.45, 7) is 3.11. The number of hydrogen-bond donors (Lipinski definition) is 2. The Kier molecular flexibility index (Phi) is 6.61. The van der Waals surface area contributed by atoms with Crippen LogP contribution in [0.2, 0.25) is 0 Å². The quantitative estimate of drug-likeness (QED) is 0.423. The van der Waals surface area contributed by atoms with E-state index in [-0.39, 0.29) is 16.3 Å². The van der Waals surface area contributed by atoms with E-state index < -0.39 is 21.8 Å². The van der Waals surface area contributed by atoms with Crippen LogP contribution >= 0.6 is 0 Å². The fourth-order valence-corrected chi connectivity index (χ4v) is 2.82. The predicted octanol–water partition coefficient (Wildman–Crippen LogP) is 1.06. The smallest absolute Gasteiger partial charge is 0.285 e. The maximum absolute atomic E-state index is 12.0. The molecule has 2 atom stereocenters. The van der Waals surface area contributed by atoms with Crippen LogP contribution in [-0.2, 0) is 10.8 Å². The normalized spacial score (nSPS) is 14.0. The minimum Gasteiger partial charge on any atom is -0.391 e. The Morgan fingerprint density at radius 2 is 2.16 bits per heavy atom. The Hall–Kier alpha value is -1.31. The van der Waals surface area contributed by atoms with Crippen LogP contribution < -0.4 is 5.32 Å². The van der Waals surface area contributed by atoms with Crippen molar-refractivity contribution >= 4 is 16.5 Å². The Labute approximate surface area is 114 Å². The summed E-state index contributed by atoms with van der Waals surface area (Å²) in [6.07, 6.45) is 0.159. The standard InChI is InChI=1S/C12H18N2O4S/c1-2-7-13-8-10(15)9-19(18)12-6-4-3-5-11(12)14(16)17/h3-6,10,13,15H,2,7-9H2,1H3. The molecule has 0 aliphatic rings. The van der Waals surface area contributed by atoms with Crippen molar-refractivity contribution in [2.45, 2.75) is 24.3 Å². The zero-order valence-electron chi connectivity index (χ0n) is 10.7. The third-order valence-corrected chi connectivity index (χ3v) is 3.98. The lowest BCUT2D eigenvalue weighted by molar-refractivity contribution is -0.387. The summed E-state index contributed by atoms with van der Waals surface area (Å²) >= 11 is 0. The maximum Gasteiger partial charge on any atom is 0.285 e. The van der Waals surface area contributed by atoms with Gasteiger partial charge in [-0.25, -0.2) is 0 Å². The third-order valence-electron chi connectivity index (χ3n) is 2.46. The predicted molar refractivity (Wildman–Crippen MR) is 73.5 cm³/mol. The number of nitro groups is 1. The second kappa shape index (κ2) is 7.98. The fraction of sp³-hybridized carbons (Fsp3) is 0.500. The molecule has 1 aromatic rings. The maximum atomic E-state index is 12.0. The average Bonchev–Trinajstić information content (AvgIpc) is 2.39. The Morgan fingerprint density at radius 3 is 2.79 bits per heavy atom. The summed E-state index contributed by atoms with van der Waals surface area (Å²) in [5, 5.41) is 23.5. The van der Waals surface area contributed by atoms with Gasteiger partial charge in [0.25, 0.3) is 5.69 Å². The lowest BCUT2D eigenvalue weighted by Crippen LogP contribution is -2.31. The number of hydrogen-bond acceptors (Lipinski definition) is 5. The number of nitrogens with zero attached hydrogens (tertiary/aromatic N) is 1. The molecule has 1 rings (SSSR count). The molecular formula is C12H18N2O4S. The summed E-state index contributed by atoms with van der Waals surface area (Å²) in [7, 11) is -1.58. The van der Waals surface area contributed by atoms with E-state index in [0.717, 1.165) is 13.0 Å². The lowest BCUT2D eigenvalue weighted by Gasteiger charge is -2.11. The van der Waals surface area contributed by atoms with Gasteiger partial charge in [-0.1, -0.05) is 19.1 Å². The number of aliphatic hydroxyl groups excluding tert-OH is 1. The van der Waals surface area contributed by atoms with E-state index in [9.17, 15) is 19.4 Å². The Balaban J connectivity index is 2.65. The van der Waals surface area contributed by atoms with Gasteiger partial charge in [-0.3, -0.25) is 14.3 Å². The van der Waals surface area contributed by atoms with E-state index >= 15 is 0 Å². The summed E-state index contributed by atoms with van der Waals surface area (Å²) in [6, 6.07) is 5.90. The highest BCUT2D eigenvalue weighted by atomic mass is 32.2. The van der Waals surface area contributed by atoms with Gasteiger partial charge in [0.15, 0.2) is 0 Å². The van der Waals surface area contributed by atoms with Gasteiger partial charge in [0.1, 0.15) is 4.90 Å². The molecule has 0 spiro atoms. The first-order chi connectivity index (χ1) is 9.06. The second-order valence-electron chi connectivity index (χ2n) is 4.09. The van der Waals surface area contributed by atoms with Gasteiger partial charge >= 0.3 is 0 Å². The molecule has 0 amide bonds. The minimum absolute atomic E-state index is 0.0123. The molecule has 0 fully saturated rings. The van der Waals surface area contributed by atoms with E-state index in [1.165, 1.54) is 18.2 Å². The van der Waals surface area contributed by atoms with Crippen molar-refractivity contribution in [1.82, 2.24) is 5.32 Å². The van der Waals surface area contributed by atoms with E-state index in [4.69, 9.17) is 0 Å². The fourth-order valence-electron chi connectivity index (χ4n) is 1.57. The van der Waals surface area contributed by atoms with Gasteiger partial charge in [-0.05, 0) is 19.0 Å². The van der Waals surface area contributed by atoms with Gasteiger partial charge in [0, 0.05) is 12.6 Å². The first-order valence-corrected chi connectivity index (χ1v) is 7.38. The van der Waals surface area contributed by atoms with Crippen LogP contribution in [0.3, 0.4) is 0 Å². The zero-order valence-corrected chi connectivity index (χ0v) is 11.6. The summed E-state index contributed by atoms with van der Waals surface area (Å²) in [5.41, 5.74) is -0.172. The van der Waals surface area contributed by atoms with Crippen LogP contribution in [0.25, 0.3) is 0 Å². The molecule has 1 aromatic carbocycles. The molecule has 2 N–H and O–H groups in total. The molecular weight excluding hydrogens is 268 g/mol. The summed E-state index contributed by atoms with van der Waals surface area (Å²) in [5.74, 6) is -0.0123. The molecule has 0 saturated heterocycles. The second-order valence-corrected chi connectivity index (χ2v) is 5.56. The van der Waals surface area contributed by atoms with Crippen LogP contribution in [-0.4, -0.2) is 39.2 Å². The SMILES string of the molecule is CCCNCC(O)CS(=O)c1ccccc1[N+](=O)[O-]. The number of aliphatic hydroxyl groups is 1. The molecule has 0 aromatic heterocycles. The van der Waals surface area contributed by atoms with Crippen LogP contribution in [0.15, 0.2) is 29.2 Å². The van der Waals surface area contributed by atoms with E-state index in [1.807, 2.05) is 6.92 Å². The molecule has 0 radical (unpaired) electrons. The van der Waals surface area contributed by atoms with Gasteiger partial charge < -0.3 is 10.4 Å². The molecule has 19 heavy (non-hydrogen) atoms. The van der Waals surface area contributed by atoms with Gasteiger partial charge in [0.05, 0.1) is 27.6 Å². The van der Waals surface area contributed by atoms with Crippen LogP contribution in [0.5, 0.6) is 0 Å². The molecule has 7 heteroatoms. The molecule has 6 nitrogen and oxygen atoms in total. The highest BCUT2D eigenvalue weighted by Gasteiger charge is 2.20. The monoisotopic (exact) mass is 286 g/mol. The van der Waals surface area contributed by atoms with Crippen molar-refractivity contribution in [3.63, 3.8) is 0 Å². The average molecular weight is 286 g/mol. The topological polar surface area (TPSA) is 92.5 Å². The highest BCUT2D eigenvalue weighted by Crippen LogP contribution is 2.21. The number of para-hydroxylation sites is 1. The highest BCUT2D eigenvalue weighted by molar-refractivity contribution is 7.85. The van der Waals surface area contributed by atoms with E-state index in [2.05, 4.69) is 5.32 Å². The van der Waals surface area contributed by atoms with E-state index in [1.54, 1.807) is 6.07 Å². The molecule has 0 aliphatic heterocycles. The molecule has 106 valence electrons. The first kappa shape index (κ1) is 15.7. The molecule has 0 aliphatic carbocycles. The summed E-state index contributed by atoms with van der Waals surface area (Å²) in [4.78, 5) is 10.4. The lowest BCUT2D eigenvalue weighted by atomic mass is 10.3. The molecule has 0 saturated carbocycles. The number of nitrogens with one attached hydrogen (secondary N) is 1. The van der Waals surface area contributed by atoms with Gasteiger partial charge in [-0.15, -0.1) is 0 Å². The van der Waals surface area contributed by atoms with Crippen molar-refractivity contribution in [2.75, 3.05) is 18.8 Å². The number of rotatable bonds is 8. The van der Waals surface area contributed by atoms with Crippen molar-refractivity contribution < 1.29 is 14.2 Å². The van der Waals surface area contributed by atoms with Crippen molar-refractivity contribution in [1.29, 1.82) is 0 Å². The van der Waals surface area contributed by atoms with Crippen molar-refractivity contribution in [2.24, 2.45) is 0 Å². The zero-order chi connectivity index (χ0) is 14.3. The van der Waals surface area contributed by atoms with E-state index in [0.29, 0.717) is 6.54 Å². The van der Waals surface area contributed by atoms with Gasteiger partial charge in [-0.2, -0.15) is 0 Å². The van der Waals surface area contributed by atoms with Crippen LogP contribution in [0.4, 0.5) is 5.69 Å². The molecule has 2 unspecified atom stereocenters. The molecule has 0 bridgehead atoms. The molecule has 0 heterocycles. The number of nitro benzene ring substituents is 1. The summed E-state index contributed by atoms with van der Waals surface area (Å²) < 4.78 is 12.0. The first-order valence-electron chi connectivity index (χ1n) is 6.06.